The Labute approximate surface area is 211 Å². The maximum atomic E-state index is 13.7. The number of methoxy groups -OCH3 is 2. The molecule has 178 valence electrons. The quantitative estimate of drug-likeness (QED) is 0.319. The number of fused-ring (bicyclic) bond motifs is 2. The molecule has 0 bridgehead atoms. The molecule has 0 spiro atoms. The summed E-state index contributed by atoms with van der Waals surface area (Å²) in [5, 5.41) is 0.486. The van der Waals surface area contributed by atoms with Crippen molar-refractivity contribution >= 4 is 32.8 Å². The van der Waals surface area contributed by atoms with Gasteiger partial charge in [0.25, 0.3) is 5.91 Å². The second-order valence-corrected chi connectivity index (χ2v) is 9.48. The molecule has 1 amide bonds. The fourth-order valence-electron chi connectivity index (χ4n) is 4.64. The number of nitrogens with zero attached hydrogens (tertiary/aromatic N) is 1. The molecule has 0 saturated carbocycles. The van der Waals surface area contributed by atoms with Crippen molar-refractivity contribution in [2.75, 3.05) is 20.8 Å². The fraction of sp³-hybridized carbons (Fsp3) is 0.214. The number of benzene rings is 3. The van der Waals surface area contributed by atoms with Gasteiger partial charge in [0.1, 0.15) is 5.58 Å². The van der Waals surface area contributed by atoms with Gasteiger partial charge in [-0.25, -0.2) is 0 Å². The molecular formula is C28H24BrNO5. The minimum atomic E-state index is -0.535. The second-order valence-electron chi connectivity index (χ2n) is 8.57. The van der Waals surface area contributed by atoms with E-state index in [4.69, 9.17) is 13.9 Å². The largest absolute Gasteiger partial charge is 0.493 e. The van der Waals surface area contributed by atoms with Crippen molar-refractivity contribution < 1.29 is 18.7 Å². The highest BCUT2D eigenvalue weighted by Gasteiger charge is 2.42. The fourth-order valence-corrected chi connectivity index (χ4v) is 4.91. The number of aryl methyl sites for hydroxylation is 1. The third-order valence-corrected chi connectivity index (χ3v) is 6.92. The van der Waals surface area contributed by atoms with Crippen LogP contribution in [-0.2, 0) is 6.42 Å². The average molecular weight is 534 g/mol. The lowest BCUT2D eigenvalue weighted by Gasteiger charge is -2.25. The molecule has 1 atom stereocenters. The van der Waals surface area contributed by atoms with Crippen LogP contribution in [0.3, 0.4) is 0 Å². The average Bonchev–Trinajstić information content (AvgIpc) is 3.15. The first-order chi connectivity index (χ1) is 16.9. The van der Waals surface area contributed by atoms with Crippen LogP contribution in [0.4, 0.5) is 0 Å². The molecule has 1 aliphatic heterocycles. The first-order valence-electron chi connectivity index (χ1n) is 11.3. The van der Waals surface area contributed by atoms with E-state index in [9.17, 15) is 9.59 Å². The Kier molecular flexibility index (Phi) is 6.11. The number of halogens is 1. The molecule has 1 aliphatic rings. The summed E-state index contributed by atoms with van der Waals surface area (Å²) in [7, 11) is 3.19. The molecule has 6 nitrogen and oxygen atoms in total. The Morgan fingerprint density at radius 2 is 1.69 bits per heavy atom. The smallest absolute Gasteiger partial charge is 0.290 e. The predicted octanol–water partition coefficient (Wildman–Crippen LogP) is 5.67. The zero-order valence-corrected chi connectivity index (χ0v) is 21.2. The number of hydrogen-bond donors (Lipinski definition) is 0. The van der Waals surface area contributed by atoms with Gasteiger partial charge in [-0.3, -0.25) is 9.59 Å². The molecule has 2 heterocycles. The van der Waals surface area contributed by atoms with Crippen LogP contribution in [0.15, 0.2) is 74.3 Å². The topological polar surface area (TPSA) is 69.0 Å². The molecule has 0 fully saturated rings. The van der Waals surface area contributed by atoms with Gasteiger partial charge >= 0.3 is 0 Å². The van der Waals surface area contributed by atoms with E-state index in [-0.39, 0.29) is 17.1 Å². The maximum Gasteiger partial charge on any atom is 0.290 e. The Bertz CT molecular complexity index is 1490. The van der Waals surface area contributed by atoms with E-state index in [1.165, 1.54) is 0 Å². The summed E-state index contributed by atoms with van der Waals surface area (Å²) in [5.41, 5.74) is 3.44. The van der Waals surface area contributed by atoms with Crippen molar-refractivity contribution in [2.24, 2.45) is 0 Å². The van der Waals surface area contributed by atoms with Crippen molar-refractivity contribution in [1.29, 1.82) is 0 Å². The van der Waals surface area contributed by atoms with Crippen LogP contribution in [-0.4, -0.2) is 31.6 Å². The van der Waals surface area contributed by atoms with Crippen LogP contribution < -0.4 is 14.9 Å². The Morgan fingerprint density at radius 3 is 2.40 bits per heavy atom. The number of amides is 1. The number of rotatable bonds is 6. The number of carbonyl (C=O) groups is 1. The van der Waals surface area contributed by atoms with Gasteiger partial charge in [-0.15, -0.1) is 0 Å². The zero-order valence-electron chi connectivity index (χ0n) is 19.6. The highest BCUT2D eigenvalue weighted by atomic mass is 79.9. The minimum Gasteiger partial charge on any atom is -0.493 e. The van der Waals surface area contributed by atoms with Crippen molar-refractivity contribution in [3.8, 4) is 11.5 Å². The molecule has 5 rings (SSSR count). The standard InChI is InChI=1S/C28H24BrNO5/c1-16-4-10-21-20(14-16)26(31)24-25(18-6-8-19(29)9-7-18)30(28(32)27(24)35-21)13-12-17-5-11-22(33-2)23(15-17)34-3/h4-11,14-15,25H,12-13H2,1-3H3. The first-order valence-corrected chi connectivity index (χ1v) is 12.0. The molecule has 0 aliphatic carbocycles. The van der Waals surface area contributed by atoms with Gasteiger partial charge in [-0.2, -0.15) is 0 Å². The summed E-state index contributed by atoms with van der Waals surface area (Å²) in [5.74, 6) is 1.11. The van der Waals surface area contributed by atoms with E-state index in [2.05, 4.69) is 15.9 Å². The normalized spacial score (nSPS) is 14.9. The van der Waals surface area contributed by atoms with Gasteiger partial charge in [-0.1, -0.05) is 45.8 Å². The highest BCUT2D eigenvalue weighted by Crippen LogP contribution is 2.39. The summed E-state index contributed by atoms with van der Waals surface area (Å²) in [6.07, 6.45) is 0.569. The monoisotopic (exact) mass is 533 g/mol. The van der Waals surface area contributed by atoms with Crippen LogP contribution in [0.5, 0.6) is 11.5 Å². The SMILES string of the molecule is COc1ccc(CCN2C(=O)c3oc4ccc(C)cc4c(=O)c3C2c2ccc(Br)cc2)cc1OC. The summed E-state index contributed by atoms with van der Waals surface area (Å²) in [6.45, 7) is 2.33. The van der Waals surface area contributed by atoms with Crippen molar-refractivity contribution in [3.63, 3.8) is 0 Å². The Hall–Kier alpha value is -3.58. The summed E-state index contributed by atoms with van der Waals surface area (Å²) in [4.78, 5) is 29.0. The molecular weight excluding hydrogens is 510 g/mol. The lowest BCUT2D eigenvalue weighted by atomic mass is 9.98. The molecule has 1 unspecified atom stereocenters. The van der Waals surface area contributed by atoms with E-state index in [1.807, 2.05) is 61.5 Å². The maximum absolute atomic E-state index is 13.7. The molecule has 0 radical (unpaired) electrons. The summed E-state index contributed by atoms with van der Waals surface area (Å²) >= 11 is 3.47. The van der Waals surface area contributed by atoms with Crippen molar-refractivity contribution in [2.45, 2.75) is 19.4 Å². The Morgan fingerprint density at radius 1 is 0.943 bits per heavy atom. The van der Waals surface area contributed by atoms with Gasteiger partial charge in [0, 0.05) is 11.0 Å². The van der Waals surface area contributed by atoms with E-state index in [1.54, 1.807) is 25.2 Å². The molecule has 1 aromatic heterocycles. The molecule has 35 heavy (non-hydrogen) atoms. The molecule has 0 N–H and O–H groups in total. The molecule has 4 aromatic rings. The van der Waals surface area contributed by atoms with Gasteiger partial charge in [0.05, 0.1) is 31.2 Å². The van der Waals surface area contributed by atoms with Crippen molar-refractivity contribution in [3.05, 3.63) is 103 Å². The number of hydrogen-bond acceptors (Lipinski definition) is 5. The van der Waals surface area contributed by atoms with Crippen LogP contribution in [0.25, 0.3) is 11.0 Å². The molecule has 3 aromatic carbocycles. The van der Waals surface area contributed by atoms with E-state index < -0.39 is 6.04 Å². The van der Waals surface area contributed by atoms with Gasteiger partial charge in [0.2, 0.25) is 5.76 Å². The zero-order chi connectivity index (χ0) is 24.7. The van der Waals surface area contributed by atoms with E-state index >= 15 is 0 Å². The highest BCUT2D eigenvalue weighted by molar-refractivity contribution is 9.10. The third-order valence-electron chi connectivity index (χ3n) is 6.40. The summed E-state index contributed by atoms with van der Waals surface area (Å²) in [6, 6.07) is 18.3. The van der Waals surface area contributed by atoms with Gasteiger partial charge in [0.15, 0.2) is 16.9 Å². The summed E-state index contributed by atoms with van der Waals surface area (Å²) < 4.78 is 17.7. The van der Waals surface area contributed by atoms with Gasteiger partial charge in [-0.05, 0) is 60.9 Å². The third kappa shape index (κ3) is 4.10. The molecule has 0 saturated heterocycles. The predicted molar refractivity (Wildman–Crippen MR) is 137 cm³/mol. The lowest BCUT2D eigenvalue weighted by Crippen LogP contribution is -2.31. The van der Waals surface area contributed by atoms with E-state index in [0.717, 1.165) is 21.2 Å². The Balaban J connectivity index is 1.58. The first kappa shape index (κ1) is 23.2. The van der Waals surface area contributed by atoms with Crippen molar-refractivity contribution in [1.82, 2.24) is 4.90 Å². The minimum absolute atomic E-state index is 0.117. The van der Waals surface area contributed by atoms with Gasteiger partial charge < -0.3 is 18.8 Å². The van der Waals surface area contributed by atoms with Crippen LogP contribution in [0.2, 0.25) is 0 Å². The van der Waals surface area contributed by atoms with Crippen LogP contribution >= 0.6 is 15.9 Å². The number of carbonyl (C=O) groups excluding carboxylic acids is 1. The van der Waals surface area contributed by atoms with E-state index in [0.29, 0.717) is 41.0 Å². The lowest BCUT2D eigenvalue weighted by molar-refractivity contribution is 0.0730. The number of ether oxygens (including phenoxy) is 2. The molecule has 7 heteroatoms. The van der Waals surface area contributed by atoms with Crippen LogP contribution in [0.1, 0.15) is 38.9 Å². The van der Waals surface area contributed by atoms with Crippen LogP contribution in [0, 0.1) is 6.92 Å². The second kappa shape index (κ2) is 9.23.